The molecule has 0 aromatic heterocycles. The summed E-state index contributed by atoms with van der Waals surface area (Å²) in [6.07, 6.45) is -2.26. The van der Waals surface area contributed by atoms with Crippen LogP contribution in [0.3, 0.4) is 0 Å². The Morgan fingerprint density at radius 1 is 0.794 bits per heavy atom. The predicted molar refractivity (Wildman–Crippen MR) is 134 cm³/mol. The van der Waals surface area contributed by atoms with Crippen LogP contribution >= 0.6 is 0 Å². The Morgan fingerprint density at radius 3 is 1.74 bits per heavy atom. The average molecular weight is 473 g/mol. The second-order valence-corrected chi connectivity index (χ2v) is 9.66. The number of rotatable bonds is 11. The zero-order valence-electron chi connectivity index (χ0n) is 20.9. The molecule has 5 atom stereocenters. The minimum Gasteiger partial charge on any atom is -0.394 e. The largest absolute Gasteiger partial charge is 0.394 e. The summed E-state index contributed by atoms with van der Waals surface area (Å²) in [5.41, 5.74) is 1.30. The highest BCUT2D eigenvalue weighted by Gasteiger charge is 2.54. The molecule has 0 saturated carbocycles. The maximum absolute atomic E-state index is 11.7. The molecule has 6 N–H and O–H groups in total. The van der Waals surface area contributed by atoms with E-state index in [1.54, 1.807) is 25.1 Å². The summed E-state index contributed by atoms with van der Waals surface area (Å²) in [6, 6.07) is 11.2. The van der Waals surface area contributed by atoms with Gasteiger partial charge in [0.05, 0.1) is 6.61 Å². The van der Waals surface area contributed by atoms with Crippen molar-refractivity contribution >= 4 is 0 Å². The fourth-order valence-corrected chi connectivity index (χ4v) is 4.37. The van der Waals surface area contributed by atoms with Crippen LogP contribution in [-0.4, -0.2) is 66.8 Å². The van der Waals surface area contributed by atoms with Crippen LogP contribution in [0.15, 0.2) is 48.6 Å². The molecule has 0 amide bonds. The predicted octanol–water partition coefficient (Wildman–Crippen LogP) is 2.21. The molecule has 0 spiro atoms. The lowest BCUT2D eigenvalue weighted by Crippen LogP contribution is -2.66. The monoisotopic (exact) mass is 472 g/mol. The molecule has 0 aliphatic rings. The molecule has 6 heteroatoms. The molecule has 1 unspecified atom stereocenters. The fraction of sp³-hybridized carbons (Fsp3) is 0.500. The van der Waals surface area contributed by atoms with E-state index in [1.165, 1.54) is 0 Å². The molecule has 34 heavy (non-hydrogen) atoms. The SMILES string of the molecule is C/C=C/CC(O)(Cc1ccc(C)c(C)c1)[C@@H](O)[C@@](O)(Cc1ccc(C)c(C)c1)[C@H](O)[C@@H](O)CO. The van der Waals surface area contributed by atoms with Gasteiger partial charge in [-0.25, -0.2) is 0 Å². The molecule has 2 rings (SSSR count). The first-order chi connectivity index (χ1) is 15.9. The fourth-order valence-electron chi connectivity index (χ4n) is 4.37. The van der Waals surface area contributed by atoms with Crippen molar-refractivity contribution in [2.75, 3.05) is 6.61 Å². The van der Waals surface area contributed by atoms with Crippen LogP contribution in [-0.2, 0) is 12.8 Å². The van der Waals surface area contributed by atoms with Crippen molar-refractivity contribution in [1.82, 2.24) is 0 Å². The summed E-state index contributed by atoms with van der Waals surface area (Å²) in [7, 11) is 0. The van der Waals surface area contributed by atoms with Crippen LogP contribution in [0.5, 0.6) is 0 Å². The highest BCUT2D eigenvalue weighted by atomic mass is 16.4. The smallest absolute Gasteiger partial charge is 0.126 e. The molecule has 0 saturated heterocycles. The van der Waals surface area contributed by atoms with Gasteiger partial charge in [0.25, 0.3) is 0 Å². The standard InChI is InChI=1S/C28H40O6/c1-6-7-12-27(33,15-22-10-8-18(2)20(4)13-22)26(32)28(34,25(31)24(30)17-29)16-23-11-9-19(3)21(5)14-23/h6-11,13-14,24-26,29-34H,12,15-17H2,1-5H3/b7-6+/t24-,25+,26+,27?,28+/m0/s1. The maximum Gasteiger partial charge on any atom is 0.126 e. The van der Waals surface area contributed by atoms with E-state index in [9.17, 15) is 30.6 Å². The first-order valence-corrected chi connectivity index (χ1v) is 11.7. The summed E-state index contributed by atoms with van der Waals surface area (Å²) in [6.45, 7) is 8.77. The van der Waals surface area contributed by atoms with Crippen molar-refractivity contribution in [3.8, 4) is 0 Å². The van der Waals surface area contributed by atoms with E-state index in [1.807, 2.05) is 58.0 Å². The lowest BCUT2D eigenvalue weighted by molar-refractivity contribution is -0.228. The molecule has 2 aromatic carbocycles. The van der Waals surface area contributed by atoms with Gasteiger partial charge in [-0.2, -0.15) is 0 Å². The Balaban J connectivity index is 2.56. The van der Waals surface area contributed by atoms with E-state index < -0.39 is 36.1 Å². The van der Waals surface area contributed by atoms with Crippen LogP contribution in [0.4, 0.5) is 0 Å². The number of hydrogen-bond donors (Lipinski definition) is 6. The van der Waals surface area contributed by atoms with E-state index in [-0.39, 0.29) is 19.3 Å². The number of aliphatic hydroxyl groups is 6. The molecule has 2 aromatic rings. The number of aliphatic hydroxyl groups excluding tert-OH is 4. The van der Waals surface area contributed by atoms with E-state index in [0.29, 0.717) is 5.56 Å². The Bertz CT molecular complexity index is 987. The van der Waals surface area contributed by atoms with Crippen molar-refractivity contribution in [3.63, 3.8) is 0 Å². The third kappa shape index (κ3) is 6.33. The minimum absolute atomic E-state index is 0.00870. The summed E-state index contributed by atoms with van der Waals surface area (Å²) in [5.74, 6) is 0. The summed E-state index contributed by atoms with van der Waals surface area (Å²) < 4.78 is 0. The molecule has 0 aliphatic heterocycles. The zero-order valence-corrected chi connectivity index (χ0v) is 20.9. The van der Waals surface area contributed by atoms with E-state index >= 15 is 0 Å². The summed E-state index contributed by atoms with van der Waals surface area (Å²) in [4.78, 5) is 0. The third-order valence-corrected chi connectivity index (χ3v) is 6.89. The normalized spacial score (nSPS) is 18.3. The van der Waals surface area contributed by atoms with Gasteiger partial charge in [0.2, 0.25) is 0 Å². The van der Waals surface area contributed by atoms with Gasteiger partial charge in [-0.3, -0.25) is 0 Å². The Hall–Kier alpha value is -2.06. The van der Waals surface area contributed by atoms with Crippen LogP contribution < -0.4 is 0 Å². The van der Waals surface area contributed by atoms with E-state index in [4.69, 9.17) is 0 Å². The van der Waals surface area contributed by atoms with Gasteiger partial charge in [-0.15, -0.1) is 0 Å². The number of aryl methyl sites for hydroxylation is 4. The van der Waals surface area contributed by atoms with Gasteiger partial charge in [-0.05, 0) is 74.4 Å². The first kappa shape index (κ1) is 28.2. The minimum atomic E-state index is -2.35. The zero-order chi connectivity index (χ0) is 25.7. The van der Waals surface area contributed by atoms with Crippen LogP contribution in [0.25, 0.3) is 0 Å². The summed E-state index contributed by atoms with van der Waals surface area (Å²) in [5, 5.41) is 65.5. The number of benzene rings is 2. The lowest BCUT2D eigenvalue weighted by Gasteiger charge is -2.46. The van der Waals surface area contributed by atoms with Crippen molar-refractivity contribution in [2.24, 2.45) is 0 Å². The topological polar surface area (TPSA) is 121 Å². The first-order valence-electron chi connectivity index (χ1n) is 11.7. The molecule has 188 valence electrons. The van der Waals surface area contributed by atoms with Gasteiger partial charge in [-0.1, -0.05) is 48.6 Å². The second kappa shape index (κ2) is 11.6. The molecule has 0 fully saturated rings. The average Bonchev–Trinajstić information content (AvgIpc) is 2.80. The highest BCUT2D eigenvalue weighted by molar-refractivity contribution is 5.33. The van der Waals surface area contributed by atoms with Crippen LogP contribution in [0.2, 0.25) is 0 Å². The Labute approximate surface area is 202 Å². The Kier molecular flexibility index (Phi) is 9.60. The molecular weight excluding hydrogens is 432 g/mol. The highest BCUT2D eigenvalue weighted by Crippen LogP contribution is 2.35. The molecular formula is C28H40O6. The van der Waals surface area contributed by atoms with Crippen molar-refractivity contribution < 1.29 is 30.6 Å². The molecule has 0 heterocycles. The van der Waals surface area contributed by atoms with Gasteiger partial charge in [0.1, 0.15) is 29.5 Å². The number of hydrogen-bond acceptors (Lipinski definition) is 6. The van der Waals surface area contributed by atoms with Gasteiger partial charge in [0, 0.05) is 12.8 Å². The maximum atomic E-state index is 11.7. The van der Waals surface area contributed by atoms with Crippen molar-refractivity contribution in [1.29, 1.82) is 0 Å². The third-order valence-electron chi connectivity index (χ3n) is 6.89. The van der Waals surface area contributed by atoms with Crippen LogP contribution in [0.1, 0.15) is 46.7 Å². The number of allylic oxidation sites excluding steroid dienone is 1. The second-order valence-electron chi connectivity index (χ2n) is 9.66. The quantitative estimate of drug-likeness (QED) is 0.279. The lowest BCUT2D eigenvalue weighted by atomic mass is 9.71. The van der Waals surface area contributed by atoms with E-state index in [2.05, 4.69) is 0 Å². The molecule has 6 nitrogen and oxygen atoms in total. The van der Waals surface area contributed by atoms with Crippen molar-refractivity contribution in [3.05, 3.63) is 81.9 Å². The Morgan fingerprint density at radius 2 is 1.29 bits per heavy atom. The summed E-state index contributed by atoms with van der Waals surface area (Å²) >= 11 is 0. The molecule has 0 bridgehead atoms. The van der Waals surface area contributed by atoms with Gasteiger partial charge in [0.15, 0.2) is 0 Å². The molecule has 0 aliphatic carbocycles. The van der Waals surface area contributed by atoms with Crippen LogP contribution in [0, 0.1) is 27.7 Å². The van der Waals surface area contributed by atoms with E-state index in [0.717, 1.165) is 27.8 Å². The molecule has 0 radical (unpaired) electrons. The van der Waals surface area contributed by atoms with Crippen molar-refractivity contribution in [2.45, 2.75) is 83.4 Å². The van der Waals surface area contributed by atoms with Gasteiger partial charge < -0.3 is 30.6 Å². The van der Waals surface area contributed by atoms with Gasteiger partial charge >= 0.3 is 0 Å².